The van der Waals surface area contributed by atoms with Crippen molar-refractivity contribution in [2.24, 2.45) is 0 Å². The van der Waals surface area contributed by atoms with Crippen LogP contribution in [0.15, 0.2) is 60.8 Å². The molecule has 7 heteroatoms. The normalized spacial score (nSPS) is 10.9. The van der Waals surface area contributed by atoms with E-state index in [2.05, 4.69) is 29.3 Å². The predicted octanol–water partition coefficient (Wildman–Crippen LogP) is 6.64. The molecule has 0 radical (unpaired) electrons. The summed E-state index contributed by atoms with van der Waals surface area (Å²) in [6.07, 6.45) is 4.90. The highest BCUT2D eigenvalue weighted by Gasteiger charge is 2.14. The van der Waals surface area contributed by atoms with Gasteiger partial charge in [-0.2, -0.15) is 15.4 Å². The van der Waals surface area contributed by atoms with Crippen LogP contribution in [0.1, 0.15) is 43.4 Å². The first-order chi connectivity index (χ1) is 17.6. The maximum atomic E-state index is 10.5. The van der Waals surface area contributed by atoms with Crippen molar-refractivity contribution in [3.8, 4) is 40.0 Å². The number of hydrogen-bond acceptors (Lipinski definition) is 6. The van der Waals surface area contributed by atoms with Gasteiger partial charge >= 0.3 is 0 Å². The van der Waals surface area contributed by atoms with E-state index >= 15 is 0 Å². The molecule has 188 valence electrons. The Bertz CT molecular complexity index is 1270. The maximum Gasteiger partial charge on any atom is 0.134 e. The van der Waals surface area contributed by atoms with Crippen LogP contribution >= 0.6 is 0 Å². The second kappa shape index (κ2) is 12.1. The largest absolute Gasteiger partial charge is 0.507 e. The van der Waals surface area contributed by atoms with Crippen molar-refractivity contribution >= 4 is 0 Å². The molecule has 0 saturated carbocycles. The number of aryl methyl sites for hydroxylation is 2. The van der Waals surface area contributed by atoms with E-state index in [1.54, 1.807) is 12.3 Å². The van der Waals surface area contributed by atoms with Gasteiger partial charge in [-0.15, -0.1) is 0 Å². The van der Waals surface area contributed by atoms with Crippen LogP contribution in [0.3, 0.4) is 0 Å². The Morgan fingerprint density at radius 2 is 1.64 bits per heavy atom. The summed E-state index contributed by atoms with van der Waals surface area (Å²) in [6.45, 7) is 7.22. The monoisotopic (exact) mass is 487 g/mol. The van der Waals surface area contributed by atoms with Crippen LogP contribution in [0.4, 0.5) is 0 Å². The minimum Gasteiger partial charge on any atom is -0.507 e. The van der Waals surface area contributed by atoms with Crippen molar-refractivity contribution in [1.82, 2.24) is 15.4 Å². The Labute approximate surface area is 212 Å². The summed E-state index contributed by atoms with van der Waals surface area (Å²) in [5.41, 5.74) is 4.39. The molecular formula is C29H33N3O4. The number of hydrogen-bond donors (Lipinski definition) is 2. The predicted molar refractivity (Wildman–Crippen MR) is 140 cm³/mol. The first kappa shape index (κ1) is 25.1. The third-order valence-corrected chi connectivity index (χ3v) is 5.96. The van der Waals surface area contributed by atoms with Crippen molar-refractivity contribution in [3.63, 3.8) is 0 Å². The Morgan fingerprint density at radius 3 is 2.36 bits per heavy atom. The number of aromatic amines is 1. The van der Waals surface area contributed by atoms with Crippen molar-refractivity contribution in [2.75, 3.05) is 13.2 Å². The number of aromatic hydroxyl groups is 1. The van der Waals surface area contributed by atoms with E-state index in [-0.39, 0.29) is 5.75 Å². The fourth-order valence-electron chi connectivity index (χ4n) is 4.05. The maximum absolute atomic E-state index is 10.5. The SMILES string of the molecule is CCCc1c(OCCCOc2cc(O)c(-c3cn[nH]n3)cc2CC)cccc1Oc1ccccc1C. The lowest BCUT2D eigenvalue weighted by atomic mass is 10.0. The Balaban J connectivity index is 1.37. The number of rotatable bonds is 12. The highest BCUT2D eigenvalue weighted by molar-refractivity contribution is 5.69. The summed E-state index contributed by atoms with van der Waals surface area (Å²) in [5.74, 6) is 3.30. The van der Waals surface area contributed by atoms with E-state index in [9.17, 15) is 5.11 Å². The minimum absolute atomic E-state index is 0.113. The van der Waals surface area contributed by atoms with Gasteiger partial charge in [0, 0.05) is 23.6 Å². The number of phenols is 1. The van der Waals surface area contributed by atoms with Crippen LogP contribution in [0.5, 0.6) is 28.7 Å². The van der Waals surface area contributed by atoms with E-state index < -0.39 is 0 Å². The average molecular weight is 488 g/mol. The molecule has 4 aromatic rings. The van der Waals surface area contributed by atoms with Gasteiger partial charge in [-0.3, -0.25) is 0 Å². The molecule has 0 aliphatic heterocycles. The number of aromatic nitrogens is 3. The van der Waals surface area contributed by atoms with Gasteiger partial charge in [0.1, 0.15) is 34.4 Å². The fraction of sp³-hybridized carbons (Fsp3) is 0.310. The molecule has 0 aliphatic rings. The van der Waals surface area contributed by atoms with Crippen LogP contribution < -0.4 is 14.2 Å². The molecule has 0 aliphatic carbocycles. The first-order valence-electron chi connectivity index (χ1n) is 12.4. The molecule has 3 aromatic carbocycles. The quantitative estimate of drug-likeness (QED) is 0.218. The summed E-state index contributed by atoms with van der Waals surface area (Å²) in [5, 5.41) is 20.9. The topological polar surface area (TPSA) is 89.5 Å². The van der Waals surface area contributed by atoms with Gasteiger partial charge in [-0.25, -0.2) is 0 Å². The van der Waals surface area contributed by atoms with Gasteiger partial charge < -0.3 is 19.3 Å². The molecule has 4 rings (SSSR count). The van der Waals surface area contributed by atoms with Crippen LogP contribution in [0, 0.1) is 6.92 Å². The number of benzene rings is 3. The molecule has 0 amide bonds. The number of phenolic OH excluding ortho intramolecular Hbond substituents is 1. The molecule has 2 N–H and O–H groups in total. The highest BCUT2D eigenvalue weighted by Crippen LogP contribution is 2.36. The van der Waals surface area contributed by atoms with Crippen LogP contribution in [-0.2, 0) is 12.8 Å². The third kappa shape index (κ3) is 5.97. The molecular weight excluding hydrogens is 454 g/mol. The average Bonchev–Trinajstić information content (AvgIpc) is 3.42. The lowest BCUT2D eigenvalue weighted by molar-refractivity contribution is 0.244. The molecule has 1 aromatic heterocycles. The summed E-state index contributed by atoms with van der Waals surface area (Å²) in [4.78, 5) is 0. The van der Waals surface area contributed by atoms with Gasteiger partial charge in [0.2, 0.25) is 0 Å². The molecule has 0 saturated heterocycles. The summed E-state index contributed by atoms with van der Waals surface area (Å²) >= 11 is 0. The first-order valence-corrected chi connectivity index (χ1v) is 12.4. The molecule has 1 heterocycles. The molecule has 0 atom stereocenters. The minimum atomic E-state index is 0.113. The standard InChI is InChI=1S/C29H33N3O4/c1-4-10-22-27(13-8-14-28(22)36-26-12-7-6-11-20(26)3)34-15-9-16-35-29-18-25(33)23(17-21(29)5-2)24-19-30-32-31-24/h6-8,11-14,17-19,33H,4-5,9-10,15-16H2,1-3H3,(H,30,31,32). The van der Waals surface area contributed by atoms with E-state index in [0.717, 1.165) is 53.2 Å². The van der Waals surface area contributed by atoms with E-state index in [1.165, 1.54) is 0 Å². The highest BCUT2D eigenvalue weighted by atomic mass is 16.5. The third-order valence-electron chi connectivity index (χ3n) is 5.96. The fourth-order valence-corrected chi connectivity index (χ4v) is 4.05. The van der Waals surface area contributed by atoms with Gasteiger partial charge in [0.25, 0.3) is 0 Å². The lowest BCUT2D eigenvalue weighted by Gasteiger charge is -2.17. The van der Waals surface area contributed by atoms with Crippen LogP contribution in [-0.4, -0.2) is 33.7 Å². The van der Waals surface area contributed by atoms with Crippen LogP contribution in [0.25, 0.3) is 11.3 Å². The Hall–Kier alpha value is -4.00. The zero-order valence-electron chi connectivity index (χ0n) is 21.1. The van der Waals surface area contributed by atoms with Gasteiger partial charge in [-0.05, 0) is 55.2 Å². The molecule has 0 fully saturated rings. The Morgan fingerprint density at radius 1 is 0.889 bits per heavy atom. The van der Waals surface area contributed by atoms with Gasteiger partial charge in [-0.1, -0.05) is 44.5 Å². The summed E-state index contributed by atoms with van der Waals surface area (Å²) < 4.78 is 18.4. The van der Waals surface area contributed by atoms with Crippen molar-refractivity contribution < 1.29 is 19.3 Å². The summed E-state index contributed by atoms with van der Waals surface area (Å²) in [7, 11) is 0. The number of para-hydroxylation sites is 1. The second-order valence-electron chi connectivity index (χ2n) is 8.59. The lowest BCUT2D eigenvalue weighted by Crippen LogP contribution is -2.07. The molecule has 36 heavy (non-hydrogen) atoms. The van der Waals surface area contributed by atoms with E-state index in [0.29, 0.717) is 36.6 Å². The number of nitrogens with one attached hydrogen (secondary N) is 1. The number of H-pyrrole nitrogens is 1. The zero-order chi connectivity index (χ0) is 25.3. The van der Waals surface area contributed by atoms with Crippen molar-refractivity contribution in [1.29, 1.82) is 0 Å². The smallest absolute Gasteiger partial charge is 0.134 e. The van der Waals surface area contributed by atoms with Gasteiger partial charge in [0.05, 0.1) is 19.4 Å². The molecule has 0 spiro atoms. The van der Waals surface area contributed by atoms with Crippen molar-refractivity contribution in [2.45, 2.75) is 46.5 Å². The molecule has 0 bridgehead atoms. The Kier molecular flexibility index (Phi) is 8.44. The van der Waals surface area contributed by atoms with E-state index in [4.69, 9.17) is 14.2 Å². The molecule has 0 unspecified atom stereocenters. The van der Waals surface area contributed by atoms with Crippen LogP contribution in [0.2, 0.25) is 0 Å². The van der Waals surface area contributed by atoms with E-state index in [1.807, 2.05) is 55.5 Å². The number of nitrogens with zero attached hydrogens (tertiary/aromatic N) is 2. The van der Waals surface area contributed by atoms with Crippen molar-refractivity contribution in [3.05, 3.63) is 77.5 Å². The molecule has 7 nitrogen and oxygen atoms in total. The number of ether oxygens (including phenoxy) is 3. The zero-order valence-corrected chi connectivity index (χ0v) is 21.1. The van der Waals surface area contributed by atoms with Gasteiger partial charge in [0.15, 0.2) is 0 Å². The second-order valence-corrected chi connectivity index (χ2v) is 8.59. The summed E-state index contributed by atoms with van der Waals surface area (Å²) in [6, 6.07) is 17.5.